The van der Waals surface area contributed by atoms with Crippen LogP contribution in [0, 0.1) is 29.2 Å². The third-order valence-electron chi connectivity index (χ3n) is 9.35. The number of hydrogen-bond donors (Lipinski definition) is 0. The predicted molar refractivity (Wildman–Crippen MR) is 242 cm³/mol. The van der Waals surface area contributed by atoms with E-state index in [-0.39, 0.29) is 51.8 Å². The highest BCUT2D eigenvalue weighted by Crippen LogP contribution is 2.29. The van der Waals surface area contributed by atoms with Crippen molar-refractivity contribution >= 4 is 84.9 Å². The van der Waals surface area contributed by atoms with Crippen molar-refractivity contribution in [3.63, 3.8) is 0 Å². The van der Waals surface area contributed by atoms with E-state index in [4.69, 9.17) is 55.6 Å². The highest BCUT2D eigenvalue weighted by Gasteiger charge is 2.20. The Morgan fingerprint density at radius 3 is 1.11 bits per heavy atom. The number of carbonyl (C=O) groups excluding carboxylic acids is 3. The van der Waals surface area contributed by atoms with E-state index < -0.39 is 17.9 Å². The molecule has 0 aliphatic heterocycles. The first-order valence-corrected chi connectivity index (χ1v) is 20.4. The molecule has 0 radical (unpaired) electrons. The largest absolute Gasteiger partial charge is 0.471 e. The third-order valence-corrected chi connectivity index (χ3v) is 10.6. The maximum atomic E-state index is 12.2. The van der Waals surface area contributed by atoms with Crippen molar-refractivity contribution in [3.05, 3.63) is 118 Å². The van der Waals surface area contributed by atoms with Crippen LogP contribution in [0.25, 0.3) is 19.9 Å². The fraction of sp³-hybridized carbons (Fsp3) is 0.333. The highest BCUT2D eigenvalue weighted by molar-refractivity contribution is 6.52. The van der Waals surface area contributed by atoms with Gasteiger partial charge in [0.2, 0.25) is 0 Å². The van der Waals surface area contributed by atoms with Crippen LogP contribution in [0.4, 0.5) is 17.1 Å². The quantitative estimate of drug-likeness (QED) is 0.0335. The molecule has 0 atom stereocenters. The number of hydrogen-bond acceptors (Lipinski definition) is 12. The zero-order chi connectivity index (χ0) is 45.1. The molecule has 0 heterocycles. The number of benzene rings is 3. The maximum absolute atomic E-state index is 12.2. The second-order valence-corrected chi connectivity index (χ2v) is 14.4. The van der Waals surface area contributed by atoms with Crippen LogP contribution in [0.15, 0.2) is 89.6 Å². The van der Waals surface area contributed by atoms with Gasteiger partial charge in [-0.15, -0.1) is 0 Å². The summed E-state index contributed by atoms with van der Waals surface area (Å²) in [6.45, 7) is 16.8. The van der Waals surface area contributed by atoms with E-state index in [2.05, 4.69) is 24.4 Å². The van der Waals surface area contributed by atoms with E-state index in [1.807, 2.05) is 69.7 Å². The molecule has 0 aromatic heterocycles. The number of nitrogens with zero attached hydrogens (tertiary/aromatic N) is 7. The number of likely N-dealkylation sites (N-methyl/N-ethyl adjacent to an activating group) is 3. The van der Waals surface area contributed by atoms with Gasteiger partial charge in [-0.2, -0.15) is 10.5 Å². The van der Waals surface area contributed by atoms with Crippen LogP contribution < -0.4 is 14.7 Å². The van der Waals surface area contributed by atoms with Crippen LogP contribution >= 0.6 is 34.8 Å². The van der Waals surface area contributed by atoms with Gasteiger partial charge in [0.15, 0.2) is 11.1 Å². The Bertz CT molecular complexity index is 1970. The minimum Gasteiger partial charge on any atom is -0.471 e. The van der Waals surface area contributed by atoms with E-state index in [0.717, 1.165) is 17.1 Å². The van der Waals surface area contributed by atoms with Gasteiger partial charge in [0.05, 0.1) is 41.5 Å². The van der Waals surface area contributed by atoms with Gasteiger partial charge >= 0.3 is 17.9 Å². The number of carbonyl (C=O) groups is 3. The Morgan fingerprint density at radius 2 is 0.836 bits per heavy atom. The molecule has 0 saturated carbocycles. The number of rotatable bonds is 21. The summed E-state index contributed by atoms with van der Waals surface area (Å²) in [6.07, 6.45) is 0. The van der Waals surface area contributed by atoms with Crippen LogP contribution in [-0.2, 0) is 28.6 Å². The molecular formula is C45H48Cl3N7O6. The van der Waals surface area contributed by atoms with Crippen molar-refractivity contribution in [1.82, 2.24) is 4.90 Å². The van der Waals surface area contributed by atoms with Gasteiger partial charge in [-0.3, -0.25) is 9.69 Å². The lowest BCUT2D eigenvalue weighted by atomic mass is 10.1. The molecule has 0 aliphatic carbocycles. The minimum atomic E-state index is -0.772. The first kappa shape index (κ1) is 49.4. The van der Waals surface area contributed by atoms with Gasteiger partial charge in [-0.25, -0.2) is 14.4 Å². The highest BCUT2D eigenvalue weighted by atomic mass is 35.5. The molecule has 3 aromatic carbocycles. The number of halogens is 3. The molecule has 0 N–H and O–H groups in total. The standard InChI is InChI=1S/C45H48Cl3N7O6/c1-8-59-43(56)37(29-49)39(46)31-11-17-34(18-12-31)52(5)23-26-55(27-24-53(6)35-19-13-32(14-20-35)40(47)38(30-50)44(57)60-9-2)28-25-54(7)36-21-15-33(16-22-36)41(48)42(51-4)45(58)61-10-3/h11-22H,8-10,23-28H2,1-3,5-7H3/b39-37-,40-38-,42-41+. The summed E-state index contributed by atoms with van der Waals surface area (Å²) >= 11 is 19.3. The van der Waals surface area contributed by atoms with Gasteiger partial charge in [0, 0.05) is 77.5 Å². The van der Waals surface area contributed by atoms with Crippen LogP contribution in [-0.4, -0.2) is 103 Å². The van der Waals surface area contributed by atoms with E-state index in [1.54, 1.807) is 57.2 Å². The van der Waals surface area contributed by atoms with Crippen LogP contribution in [0.2, 0.25) is 0 Å². The van der Waals surface area contributed by atoms with Crippen LogP contribution in [0.1, 0.15) is 37.5 Å². The van der Waals surface area contributed by atoms with Crippen molar-refractivity contribution in [2.75, 3.05) is 94.9 Å². The fourth-order valence-corrected chi connectivity index (χ4v) is 6.50. The number of ether oxygens (including phenoxy) is 3. The maximum Gasteiger partial charge on any atom is 0.350 e. The molecule has 0 amide bonds. The molecule has 0 fully saturated rings. The number of nitriles is 2. The van der Waals surface area contributed by atoms with Crippen molar-refractivity contribution in [2.45, 2.75) is 20.8 Å². The molecule has 0 spiro atoms. The molecule has 16 heteroatoms. The fourth-order valence-electron chi connectivity index (χ4n) is 5.77. The van der Waals surface area contributed by atoms with Crippen molar-refractivity contribution in [1.29, 1.82) is 10.5 Å². The molecule has 320 valence electrons. The summed E-state index contributed by atoms with van der Waals surface area (Å²) in [7, 11) is 5.94. The van der Waals surface area contributed by atoms with E-state index in [9.17, 15) is 24.9 Å². The Labute approximate surface area is 372 Å². The predicted octanol–water partition coefficient (Wildman–Crippen LogP) is 8.16. The SMILES string of the molecule is [C-]#[N+]/C(C(=O)OCC)=C(/Cl)c1ccc(N(C)CCN(CCN(C)c2ccc(/C(Cl)=C(\C#N)C(=O)OCC)cc2)CCN(C)c2ccc(/C(Cl)=C(\C#N)C(=O)OCC)cc2)cc1. The van der Waals surface area contributed by atoms with Crippen molar-refractivity contribution in [3.8, 4) is 12.1 Å². The average molecular weight is 889 g/mol. The van der Waals surface area contributed by atoms with E-state index in [1.165, 1.54) is 0 Å². The summed E-state index contributed by atoms with van der Waals surface area (Å²) in [5, 5.41) is 19.1. The lowest BCUT2D eigenvalue weighted by Crippen LogP contribution is -2.41. The summed E-state index contributed by atoms with van der Waals surface area (Å²) < 4.78 is 14.9. The van der Waals surface area contributed by atoms with E-state index >= 15 is 0 Å². The smallest absolute Gasteiger partial charge is 0.350 e. The Hall–Kier alpha value is -6.01. The number of anilines is 3. The van der Waals surface area contributed by atoms with Crippen molar-refractivity contribution < 1.29 is 28.6 Å². The molecule has 0 aliphatic rings. The summed E-state index contributed by atoms with van der Waals surface area (Å²) in [5.74, 6) is -2.31. The molecule has 0 unspecified atom stereocenters. The lowest BCUT2D eigenvalue weighted by molar-refractivity contribution is -0.138. The van der Waals surface area contributed by atoms with Gasteiger partial charge < -0.3 is 28.9 Å². The molecule has 61 heavy (non-hydrogen) atoms. The average Bonchev–Trinajstić information content (AvgIpc) is 3.26. The third kappa shape index (κ3) is 14.0. The molecule has 0 saturated heterocycles. The molecule has 3 aromatic rings. The summed E-state index contributed by atoms with van der Waals surface area (Å²) in [4.78, 5) is 48.6. The first-order valence-electron chi connectivity index (χ1n) is 19.3. The molecule has 0 bridgehead atoms. The second-order valence-electron chi connectivity index (χ2n) is 13.3. The Kier molecular flexibility index (Phi) is 20.2. The van der Waals surface area contributed by atoms with Gasteiger partial charge in [0.1, 0.15) is 12.1 Å². The normalized spacial score (nSPS) is 12.0. The minimum absolute atomic E-state index is 0.0198. The monoisotopic (exact) mass is 887 g/mol. The molecule has 3 rings (SSSR count). The van der Waals surface area contributed by atoms with Crippen molar-refractivity contribution in [2.24, 2.45) is 0 Å². The molecular weight excluding hydrogens is 841 g/mol. The van der Waals surface area contributed by atoms with Crippen LogP contribution in [0.5, 0.6) is 0 Å². The Balaban J connectivity index is 1.79. The summed E-state index contributed by atoms with van der Waals surface area (Å²) in [5.41, 5.74) is 3.50. The zero-order valence-corrected chi connectivity index (χ0v) is 37.3. The molecule has 13 nitrogen and oxygen atoms in total. The second kappa shape index (κ2) is 24.9. The summed E-state index contributed by atoms with van der Waals surface area (Å²) in [6, 6.07) is 25.5. The van der Waals surface area contributed by atoms with Gasteiger partial charge in [0.25, 0.3) is 5.70 Å². The number of esters is 3. The lowest BCUT2D eigenvalue weighted by Gasteiger charge is -2.31. The zero-order valence-electron chi connectivity index (χ0n) is 35.0. The van der Waals surface area contributed by atoms with Gasteiger partial charge in [-0.05, 0) is 73.9 Å². The van der Waals surface area contributed by atoms with Gasteiger partial charge in [-0.1, -0.05) is 71.2 Å². The topological polar surface area (TPSA) is 144 Å². The first-order chi connectivity index (χ1) is 29.2. The van der Waals surface area contributed by atoms with Crippen LogP contribution in [0.3, 0.4) is 0 Å². The van der Waals surface area contributed by atoms with E-state index in [0.29, 0.717) is 56.0 Å². The Morgan fingerprint density at radius 1 is 0.541 bits per heavy atom.